The smallest absolute Gasteiger partial charge is 0.349 e. The fraction of sp³-hybridized carbons (Fsp3) is 0.267. The number of ether oxygens (including phenoxy) is 5. The van der Waals surface area contributed by atoms with Gasteiger partial charge in [0.05, 0.1) is 26.4 Å². The van der Waals surface area contributed by atoms with E-state index < -0.39 is 11.9 Å². The fourth-order valence-corrected chi connectivity index (χ4v) is 4.37. The predicted octanol–water partition coefficient (Wildman–Crippen LogP) is 5.37. The molecule has 0 atom stereocenters. The second-order valence-electron chi connectivity index (χ2n) is 8.53. The second-order valence-corrected chi connectivity index (χ2v) is 8.53. The van der Waals surface area contributed by atoms with Crippen molar-refractivity contribution in [3.05, 3.63) is 83.6 Å². The first-order chi connectivity index (χ1) is 18.4. The van der Waals surface area contributed by atoms with Gasteiger partial charge in [0.25, 0.3) is 0 Å². The summed E-state index contributed by atoms with van der Waals surface area (Å²) in [5, 5.41) is 0.655. The molecule has 4 rings (SSSR count). The molecular formula is C30H31NO7. The number of carbonyl (C=O) groups is 2. The Hall–Kier alpha value is -4.46. The Kier molecular flexibility index (Phi) is 8.53. The highest BCUT2D eigenvalue weighted by Gasteiger charge is 2.22. The summed E-state index contributed by atoms with van der Waals surface area (Å²) >= 11 is 0. The normalized spacial score (nSPS) is 10.7. The number of aryl methyl sites for hydroxylation is 2. The lowest BCUT2D eigenvalue weighted by Crippen LogP contribution is -2.17. The minimum atomic E-state index is -0.546. The molecule has 8 heteroatoms. The van der Waals surface area contributed by atoms with Crippen LogP contribution in [-0.4, -0.2) is 43.9 Å². The first kappa shape index (κ1) is 26.6. The molecule has 4 aromatic rings. The van der Waals surface area contributed by atoms with E-state index >= 15 is 0 Å². The van der Waals surface area contributed by atoms with Crippen molar-refractivity contribution in [1.82, 2.24) is 4.57 Å². The Morgan fingerprint density at radius 3 is 2.34 bits per heavy atom. The molecule has 1 aromatic heterocycles. The van der Waals surface area contributed by atoms with Gasteiger partial charge >= 0.3 is 11.9 Å². The molecule has 198 valence electrons. The van der Waals surface area contributed by atoms with Crippen molar-refractivity contribution in [2.75, 3.05) is 27.4 Å². The van der Waals surface area contributed by atoms with E-state index in [0.717, 1.165) is 16.8 Å². The van der Waals surface area contributed by atoms with E-state index in [-0.39, 0.29) is 13.2 Å². The SMILES string of the molecule is CCOC(=O)c1c(C)n(CCc2ccc(OC)c(OC)c2)c2ccc(OC(=O)COc3ccccc3)cc12. The molecule has 0 unspecified atom stereocenters. The third-order valence-electron chi connectivity index (χ3n) is 6.18. The summed E-state index contributed by atoms with van der Waals surface area (Å²) in [7, 11) is 3.21. The molecule has 0 fully saturated rings. The first-order valence-corrected chi connectivity index (χ1v) is 12.3. The number of esters is 2. The van der Waals surface area contributed by atoms with Gasteiger partial charge in [-0.25, -0.2) is 9.59 Å². The molecule has 0 aliphatic carbocycles. The summed E-state index contributed by atoms with van der Waals surface area (Å²) < 4.78 is 29.2. The van der Waals surface area contributed by atoms with E-state index in [1.807, 2.05) is 49.4 Å². The minimum Gasteiger partial charge on any atom is -0.493 e. The van der Waals surface area contributed by atoms with E-state index in [1.165, 1.54) is 0 Å². The van der Waals surface area contributed by atoms with Crippen LogP contribution in [0.3, 0.4) is 0 Å². The van der Waals surface area contributed by atoms with Crippen molar-refractivity contribution in [3.8, 4) is 23.0 Å². The minimum absolute atomic E-state index is 0.238. The van der Waals surface area contributed by atoms with E-state index in [0.29, 0.717) is 46.9 Å². The highest BCUT2D eigenvalue weighted by atomic mass is 16.6. The number of fused-ring (bicyclic) bond motifs is 1. The summed E-state index contributed by atoms with van der Waals surface area (Å²) in [5.41, 5.74) is 3.12. The number of para-hydroxylation sites is 1. The summed E-state index contributed by atoms with van der Waals surface area (Å²) in [4.78, 5) is 25.3. The third kappa shape index (κ3) is 5.91. The van der Waals surface area contributed by atoms with Crippen molar-refractivity contribution in [2.45, 2.75) is 26.8 Å². The molecule has 1 heterocycles. The topological polar surface area (TPSA) is 85.2 Å². The average molecular weight is 518 g/mol. The van der Waals surface area contributed by atoms with Gasteiger partial charge in [0.2, 0.25) is 0 Å². The van der Waals surface area contributed by atoms with Crippen LogP contribution >= 0.6 is 0 Å². The maximum Gasteiger partial charge on any atom is 0.349 e. The standard InChI is InChI=1S/C30H31NO7/c1-5-36-30(33)29-20(2)31(16-15-21-11-14-26(34-3)27(17-21)35-4)25-13-12-23(18-24(25)29)38-28(32)19-37-22-9-7-6-8-10-22/h6-14,17-18H,5,15-16,19H2,1-4H3. The van der Waals surface area contributed by atoms with Crippen molar-refractivity contribution in [2.24, 2.45) is 0 Å². The predicted molar refractivity (Wildman–Crippen MR) is 143 cm³/mol. The Bertz CT molecular complexity index is 1430. The quantitative estimate of drug-likeness (QED) is 0.195. The van der Waals surface area contributed by atoms with Crippen molar-refractivity contribution >= 4 is 22.8 Å². The maximum atomic E-state index is 12.9. The van der Waals surface area contributed by atoms with Crippen LogP contribution < -0.4 is 18.9 Å². The number of hydrogen-bond donors (Lipinski definition) is 0. The van der Waals surface area contributed by atoms with Crippen molar-refractivity contribution < 1.29 is 33.3 Å². The van der Waals surface area contributed by atoms with Gasteiger partial charge in [-0.1, -0.05) is 24.3 Å². The lowest BCUT2D eigenvalue weighted by Gasteiger charge is -2.12. The first-order valence-electron chi connectivity index (χ1n) is 12.3. The fourth-order valence-electron chi connectivity index (χ4n) is 4.37. The van der Waals surface area contributed by atoms with Crippen LogP contribution in [0.15, 0.2) is 66.7 Å². The highest BCUT2D eigenvalue weighted by Crippen LogP contribution is 2.32. The van der Waals surface area contributed by atoms with Crippen molar-refractivity contribution in [3.63, 3.8) is 0 Å². The van der Waals surface area contributed by atoms with Crippen LogP contribution in [-0.2, 0) is 22.5 Å². The number of benzene rings is 3. The average Bonchev–Trinajstić information content (AvgIpc) is 3.21. The Labute approximate surface area is 221 Å². The number of hydrogen-bond acceptors (Lipinski definition) is 7. The summed E-state index contributed by atoms with van der Waals surface area (Å²) in [6.07, 6.45) is 0.695. The van der Waals surface area contributed by atoms with Crippen LogP contribution in [0, 0.1) is 6.92 Å². The molecule has 0 aliphatic heterocycles. The second kappa shape index (κ2) is 12.2. The zero-order valence-electron chi connectivity index (χ0n) is 22.0. The molecule has 0 spiro atoms. The van der Waals surface area contributed by atoms with Crippen LogP contribution in [0.5, 0.6) is 23.0 Å². The Balaban J connectivity index is 1.59. The number of nitrogens with zero attached hydrogens (tertiary/aromatic N) is 1. The lowest BCUT2D eigenvalue weighted by molar-refractivity contribution is -0.136. The van der Waals surface area contributed by atoms with Crippen LogP contribution in [0.25, 0.3) is 10.9 Å². The van der Waals surface area contributed by atoms with Crippen LogP contribution in [0.4, 0.5) is 0 Å². The molecule has 0 N–H and O–H groups in total. The van der Waals surface area contributed by atoms with Gasteiger partial charge in [-0.05, 0) is 68.3 Å². The number of aromatic nitrogens is 1. The van der Waals surface area contributed by atoms with E-state index in [1.54, 1.807) is 45.4 Å². The van der Waals surface area contributed by atoms with E-state index in [2.05, 4.69) is 4.57 Å². The van der Waals surface area contributed by atoms with Crippen molar-refractivity contribution in [1.29, 1.82) is 0 Å². The highest BCUT2D eigenvalue weighted by molar-refractivity contribution is 6.06. The largest absolute Gasteiger partial charge is 0.493 e. The maximum absolute atomic E-state index is 12.9. The van der Waals surface area contributed by atoms with Crippen LogP contribution in [0.1, 0.15) is 28.5 Å². The van der Waals surface area contributed by atoms with E-state index in [9.17, 15) is 9.59 Å². The number of methoxy groups -OCH3 is 2. The third-order valence-corrected chi connectivity index (χ3v) is 6.18. The van der Waals surface area contributed by atoms with Gasteiger partial charge in [0.1, 0.15) is 11.5 Å². The zero-order valence-corrected chi connectivity index (χ0v) is 22.0. The Morgan fingerprint density at radius 2 is 1.63 bits per heavy atom. The lowest BCUT2D eigenvalue weighted by atomic mass is 10.1. The molecule has 0 amide bonds. The van der Waals surface area contributed by atoms with Gasteiger partial charge in [-0.15, -0.1) is 0 Å². The van der Waals surface area contributed by atoms with Gasteiger partial charge < -0.3 is 28.3 Å². The molecule has 3 aromatic carbocycles. The summed E-state index contributed by atoms with van der Waals surface area (Å²) in [5.74, 6) is 1.26. The molecule has 0 bridgehead atoms. The number of rotatable bonds is 11. The number of carbonyl (C=O) groups excluding carboxylic acids is 2. The molecule has 0 saturated carbocycles. The van der Waals surface area contributed by atoms with Crippen LogP contribution in [0.2, 0.25) is 0 Å². The van der Waals surface area contributed by atoms with Gasteiger partial charge in [-0.2, -0.15) is 0 Å². The molecule has 38 heavy (non-hydrogen) atoms. The van der Waals surface area contributed by atoms with E-state index in [4.69, 9.17) is 23.7 Å². The monoisotopic (exact) mass is 517 g/mol. The molecule has 0 aliphatic rings. The summed E-state index contributed by atoms with van der Waals surface area (Å²) in [6.45, 7) is 4.28. The summed E-state index contributed by atoms with van der Waals surface area (Å²) in [6, 6.07) is 20.1. The molecule has 0 radical (unpaired) electrons. The molecule has 8 nitrogen and oxygen atoms in total. The van der Waals surface area contributed by atoms with Gasteiger partial charge in [0.15, 0.2) is 18.1 Å². The Morgan fingerprint density at radius 1 is 0.868 bits per heavy atom. The molecule has 0 saturated heterocycles. The van der Waals surface area contributed by atoms with Gasteiger partial charge in [-0.3, -0.25) is 0 Å². The zero-order chi connectivity index (χ0) is 27.1. The van der Waals surface area contributed by atoms with Gasteiger partial charge in [0, 0.05) is 23.1 Å². The molecular weight excluding hydrogens is 486 g/mol.